The molecule has 1 N–H and O–H groups in total. The molecule has 0 heterocycles. The summed E-state index contributed by atoms with van der Waals surface area (Å²) in [6.45, 7) is 5.42. The Bertz CT molecular complexity index is 333. The number of benzene rings is 1. The van der Waals surface area contributed by atoms with E-state index in [1.54, 1.807) is 0 Å². The van der Waals surface area contributed by atoms with Gasteiger partial charge in [-0.15, -0.1) is 0 Å². The van der Waals surface area contributed by atoms with Crippen LogP contribution in [-0.4, -0.2) is 19.8 Å². The third-order valence-corrected chi connectivity index (χ3v) is 3.24. The molecule has 0 amide bonds. The Kier molecular flexibility index (Phi) is 7.86. The van der Waals surface area contributed by atoms with E-state index in [-0.39, 0.29) is 0 Å². The van der Waals surface area contributed by atoms with Crippen molar-refractivity contribution in [2.24, 2.45) is 0 Å². The van der Waals surface area contributed by atoms with Crippen molar-refractivity contribution < 1.29 is 4.74 Å². The van der Waals surface area contributed by atoms with Crippen molar-refractivity contribution in [3.8, 4) is 0 Å². The minimum atomic E-state index is 0.758. The van der Waals surface area contributed by atoms with Gasteiger partial charge in [0.2, 0.25) is 0 Å². The first-order chi connectivity index (χ1) is 8.24. The SMILES string of the molecule is CCCCOCCNCc1ccc(Br)cc1Cl. The number of rotatable bonds is 8. The molecule has 2 nitrogen and oxygen atoms in total. The quantitative estimate of drug-likeness (QED) is 0.731. The van der Waals surface area contributed by atoms with Crippen LogP contribution < -0.4 is 5.32 Å². The van der Waals surface area contributed by atoms with Gasteiger partial charge in [0.05, 0.1) is 6.61 Å². The van der Waals surface area contributed by atoms with Crippen molar-refractivity contribution in [1.29, 1.82) is 0 Å². The lowest BCUT2D eigenvalue weighted by atomic mass is 10.2. The molecule has 0 aliphatic carbocycles. The summed E-state index contributed by atoms with van der Waals surface area (Å²) in [6, 6.07) is 5.94. The van der Waals surface area contributed by atoms with Crippen LogP contribution in [0, 0.1) is 0 Å². The number of nitrogens with one attached hydrogen (secondary N) is 1. The first-order valence-electron chi connectivity index (χ1n) is 5.96. The minimum absolute atomic E-state index is 0.758. The number of unbranched alkanes of at least 4 members (excludes halogenated alkanes) is 1. The summed E-state index contributed by atoms with van der Waals surface area (Å²) in [7, 11) is 0. The van der Waals surface area contributed by atoms with Crippen molar-refractivity contribution in [1.82, 2.24) is 5.32 Å². The van der Waals surface area contributed by atoms with E-state index in [4.69, 9.17) is 16.3 Å². The zero-order valence-corrected chi connectivity index (χ0v) is 12.5. The van der Waals surface area contributed by atoms with Crippen LogP contribution in [0.15, 0.2) is 22.7 Å². The van der Waals surface area contributed by atoms with Crippen LogP contribution in [-0.2, 0) is 11.3 Å². The maximum absolute atomic E-state index is 6.11. The van der Waals surface area contributed by atoms with Crippen molar-refractivity contribution in [3.63, 3.8) is 0 Å². The topological polar surface area (TPSA) is 21.3 Å². The number of halogens is 2. The molecule has 1 aromatic rings. The molecule has 0 bridgehead atoms. The summed E-state index contributed by atoms with van der Waals surface area (Å²) in [5, 5.41) is 4.10. The smallest absolute Gasteiger partial charge is 0.0591 e. The fourth-order valence-electron chi connectivity index (χ4n) is 1.38. The fourth-order valence-corrected chi connectivity index (χ4v) is 2.12. The van der Waals surface area contributed by atoms with Crippen LogP contribution in [0.3, 0.4) is 0 Å². The Morgan fingerprint density at radius 2 is 2.18 bits per heavy atom. The van der Waals surface area contributed by atoms with E-state index in [2.05, 4.69) is 28.2 Å². The van der Waals surface area contributed by atoms with Gasteiger partial charge in [0, 0.05) is 29.2 Å². The van der Waals surface area contributed by atoms with Gasteiger partial charge < -0.3 is 10.1 Å². The van der Waals surface area contributed by atoms with E-state index in [0.717, 1.165) is 47.8 Å². The van der Waals surface area contributed by atoms with E-state index in [9.17, 15) is 0 Å². The monoisotopic (exact) mass is 319 g/mol. The van der Waals surface area contributed by atoms with Gasteiger partial charge in [-0.3, -0.25) is 0 Å². The molecule has 0 radical (unpaired) electrons. The Morgan fingerprint density at radius 1 is 1.35 bits per heavy atom. The summed E-state index contributed by atoms with van der Waals surface area (Å²) in [4.78, 5) is 0. The number of hydrogen-bond acceptors (Lipinski definition) is 2. The Hall–Kier alpha value is -0.0900. The molecular formula is C13H19BrClNO. The maximum Gasteiger partial charge on any atom is 0.0591 e. The van der Waals surface area contributed by atoms with Crippen LogP contribution in [0.25, 0.3) is 0 Å². The van der Waals surface area contributed by atoms with Crippen LogP contribution in [0.2, 0.25) is 5.02 Å². The minimum Gasteiger partial charge on any atom is -0.380 e. The number of hydrogen-bond donors (Lipinski definition) is 1. The largest absolute Gasteiger partial charge is 0.380 e. The second kappa shape index (κ2) is 8.92. The Labute approximate surface area is 117 Å². The van der Waals surface area contributed by atoms with Gasteiger partial charge in [-0.25, -0.2) is 0 Å². The zero-order chi connectivity index (χ0) is 12.5. The van der Waals surface area contributed by atoms with Gasteiger partial charge >= 0.3 is 0 Å². The van der Waals surface area contributed by atoms with Crippen LogP contribution >= 0.6 is 27.5 Å². The Morgan fingerprint density at radius 3 is 2.88 bits per heavy atom. The third-order valence-electron chi connectivity index (χ3n) is 2.40. The van der Waals surface area contributed by atoms with Gasteiger partial charge in [-0.05, 0) is 24.1 Å². The van der Waals surface area contributed by atoms with Crippen molar-refractivity contribution >= 4 is 27.5 Å². The van der Waals surface area contributed by atoms with Crippen molar-refractivity contribution in [2.45, 2.75) is 26.3 Å². The highest BCUT2D eigenvalue weighted by atomic mass is 79.9. The molecule has 0 fully saturated rings. The molecular weight excluding hydrogens is 302 g/mol. The molecule has 0 atom stereocenters. The van der Waals surface area contributed by atoms with Crippen LogP contribution in [0.5, 0.6) is 0 Å². The average Bonchev–Trinajstić information content (AvgIpc) is 2.30. The highest BCUT2D eigenvalue weighted by molar-refractivity contribution is 9.10. The molecule has 0 unspecified atom stereocenters. The molecule has 17 heavy (non-hydrogen) atoms. The normalized spacial score (nSPS) is 10.8. The molecule has 0 aromatic heterocycles. The third kappa shape index (κ3) is 6.41. The molecule has 0 aliphatic heterocycles. The summed E-state index contributed by atoms with van der Waals surface area (Å²) in [5.41, 5.74) is 1.11. The first kappa shape index (κ1) is 15.0. The molecule has 0 saturated carbocycles. The van der Waals surface area contributed by atoms with E-state index in [0.29, 0.717) is 0 Å². The highest BCUT2D eigenvalue weighted by Crippen LogP contribution is 2.20. The summed E-state index contributed by atoms with van der Waals surface area (Å²) >= 11 is 9.50. The number of ether oxygens (including phenoxy) is 1. The highest BCUT2D eigenvalue weighted by Gasteiger charge is 2.00. The average molecular weight is 321 g/mol. The summed E-state index contributed by atoms with van der Waals surface area (Å²) in [6.07, 6.45) is 2.32. The van der Waals surface area contributed by atoms with Gasteiger partial charge in [0.15, 0.2) is 0 Å². The van der Waals surface area contributed by atoms with Gasteiger partial charge in [0.25, 0.3) is 0 Å². The maximum atomic E-state index is 6.11. The zero-order valence-electron chi connectivity index (χ0n) is 10.1. The lowest BCUT2D eigenvalue weighted by Gasteiger charge is -2.07. The van der Waals surface area contributed by atoms with Crippen LogP contribution in [0.1, 0.15) is 25.3 Å². The summed E-state index contributed by atoms with van der Waals surface area (Å²) in [5.74, 6) is 0. The van der Waals surface area contributed by atoms with E-state index >= 15 is 0 Å². The molecule has 0 aliphatic rings. The summed E-state index contributed by atoms with van der Waals surface area (Å²) < 4.78 is 6.47. The van der Waals surface area contributed by atoms with Gasteiger partial charge in [-0.1, -0.05) is 46.9 Å². The van der Waals surface area contributed by atoms with Crippen molar-refractivity contribution in [3.05, 3.63) is 33.3 Å². The lowest BCUT2D eigenvalue weighted by molar-refractivity contribution is 0.133. The predicted molar refractivity (Wildman–Crippen MR) is 76.6 cm³/mol. The van der Waals surface area contributed by atoms with E-state index < -0.39 is 0 Å². The molecule has 1 rings (SSSR count). The van der Waals surface area contributed by atoms with E-state index in [1.807, 2.05) is 18.2 Å². The van der Waals surface area contributed by atoms with E-state index in [1.165, 1.54) is 6.42 Å². The van der Waals surface area contributed by atoms with Gasteiger partial charge in [-0.2, -0.15) is 0 Å². The molecule has 4 heteroatoms. The predicted octanol–water partition coefficient (Wildman–Crippen LogP) is 4.01. The lowest BCUT2D eigenvalue weighted by Crippen LogP contribution is -2.19. The first-order valence-corrected chi connectivity index (χ1v) is 7.13. The molecule has 96 valence electrons. The standard InChI is InChI=1S/C13H19BrClNO/c1-2-3-7-17-8-6-16-10-11-4-5-12(14)9-13(11)15/h4-5,9,16H,2-3,6-8,10H2,1H3. The molecule has 1 aromatic carbocycles. The molecule has 0 saturated heterocycles. The second-order valence-electron chi connectivity index (χ2n) is 3.88. The van der Waals surface area contributed by atoms with Crippen molar-refractivity contribution in [2.75, 3.05) is 19.8 Å². The van der Waals surface area contributed by atoms with Crippen LogP contribution in [0.4, 0.5) is 0 Å². The Balaban J connectivity index is 2.14. The molecule has 0 spiro atoms. The van der Waals surface area contributed by atoms with Gasteiger partial charge in [0.1, 0.15) is 0 Å². The second-order valence-corrected chi connectivity index (χ2v) is 5.20. The fraction of sp³-hybridized carbons (Fsp3) is 0.538.